The quantitative estimate of drug-likeness (QED) is 0.709. The van der Waals surface area contributed by atoms with Crippen molar-refractivity contribution in [3.8, 4) is 0 Å². The smallest absolute Gasteiger partial charge is 0.126 e. The largest absolute Gasteiger partial charge is 0.207 e. The first kappa shape index (κ1) is 11.8. The summed E-state index contributed by atoms with van der Waals surface area (Å²) in [4.78, 5) is 2.73. The SMILES string of the molecule is Cc1ccc(C(Br)Cc2ccccc2F)s1. The second-order valence-corrected chi connectivity index (χ2v) is 6.14. The van der Waals surface area contributed by atoms with Gasteiger partial charge in [0.15, 0.2) is 0 Å². The lowest BCUT2D eigenvalue weighted by Gasteiger charge is -2.08. The highest BCUT2D eigenvalue weighted by molar-refractivity contribution is 9.09. The van der Waals surface area contributed by atoms with Gasteiger partial charge in [-0.25, -0.2) is 4.39 Å². The topological polar surface area (TPSA) is 0 Å². The van der Waals surface area contributed by atoms with E-state index in [1.807, 2.05) is 12.1 Å². The average Bonchev–Trinajstić information content (AvgIpc) is 2.68. The predicted molar refractivity (Wildman–Crippen MR) is 70.8 cm³/mol. The van der Waals surface area contributed by atoms with E-state index in [1.165, 1.54) is 15.8 Å². The molecule has 1 atom stereocenters. The first-order chi connectivity index (χ1) is 7.66. The van der Waals surface area contributed by atoms with E-state index in [-0.39, 0.29) is 10.6 Å². The first-order valence-corrected chi connectivity index (χ1v) is 6.84. The maximum atomic E-state index is 13.5. The Balaban J connectivity index is 2.13. The van der Waals surface area contributed by atoms with E-state index in [1.54, 1.807) is 17.4 Å². The number of aryl methyl sites for hydroxylation is 1. The molecule has 3 heteroatoms. The highest BCUT2D eigenvalue weighted by Gasteiger charge is 2.12. The van der Waals surface area contributed by atoms with Crippen molar-refractivity contribution >= 4 is 27.3 Å². The molecule has 0 aliphatic heterocycles. The van der Waals surface area contributed by atoms with Gasteiger partial charge >= 0.3 is 0 Å². The molecule has 0 bridgehead atoms. The lowest BCUT2D eigenvalue weighted by atomic mass is 10.1. The second-order valence-electron chi connectivity index (χ2n) is 3.71. The zero-order valence-corrected chi connectivity index (χ0v) is 11.3. The van der Waals surface area contributed by atoms with Crippen LogP contribution in [0, 0.1) is 12.7 Å². The summed E-state index contributed by atoms with van der Waals surface area (Å²) in [5.41, 5.74) is 0.760. The molecule has 0 saturated heterocycles. The minimum absolute atomic E-state index is 0.125. The maximum absolute atomic E-state index is 13.5. The molecule has 0 nitrogen and oxygen atoms in total. The molecule has 0 amide bonds. The Morgan fingerprint density at radius 1 is 1.25 bits per heavy atom. The number of benzene rings is 1. The molecule has 0 aliphatic carbocycles. The van der Waals surface area contributed by atoms with Crippen molar-refractivity contribution in [1.29, 1.82) is 0 Å². The van der Waals surface area contributed by atoms with Crippen molar-refractivity contribution in [3.05, 3.63) is 57.5 Å². The molecule has 16 heavy (non-hydrogen) atoms. The molecule has 0 aliphatic rings. The fourth-order valence-corrected chi connectivity index (χ4v) is 3.22. The lowest BCUT2D eigenvalue weighted by Crippen LogP contribution is -1.95. The Labute approximate surface area is 107 Å². The van der Waals surface area contributed by atoms with Gasteiger partial charge < -0.3 is 0 Å². The van der Waals surface area contributed by atoms with Gasteiger partial charge in [-0.15, -0.1) is 11.3 Å². The van der Waals surface area contributed by atoms with Crippen LogP contribution in [-0.2, 0) is 6.42 Å². The molecular formula is C13H12BrFS. The van der Waals surface area contributed by atoms with Crippen LogP contribution in [0.4, 0.5) is 4.39 Å². The van der Waals surface area contributed by atoms with Gasteiger partial charge in [-0.1, -0.05) is 34.1 Å². The fourth-order valence-electron chi connectivity index (χ4n) is 1.58. The van der Waals surface area contributed by atoms with Gasteiger partial charge in [0.25, 0.3) is 0 Å². The van der Waals surface area contributed by atoms with Crippen molar-refractivity contribution < 1.29 is 4.39 Å². The molecule has 84 valence electrons. The first-order valence-electron chi connectivity index (χ1n) is 5.10. The number of thiophene rings is 1. The van der Waals surface area contributed by atoms with Gasteiger partial charge in [0.05, 0.1) is 4.83 Å². The van der Waals surface area contributed by atoms with Crippen LogP contribution in [0.1, 0.15) is 20.1 Å². The zero-order valence-electron chi connectivity index (χ0n) is 8.91. The van der Waals surface area contributed by atoms with Gasteiger partial charge in [-0.3, -0.25) is 0 Å². The molecule has 0 saturated carbocycles. The number of rotatable bonds is 3. The standard InChI is InChI=1S/C13H12BrFS/c1-9-6-7-13(16-9)11(14)8-10-4-2-3-5-12(10)15/h2-7,11H,8H2,1H3. The van der Waals surface area contributed by atoms with Crippen LogP contribution in [0.5, 0.6) is 0 Å². The number of hydrogen-bond acceptors (Lipinski definition) is 1. The maximum Gasteiger partial charge on any atom is 0.126 e. The van der Waals surface area contributed by atoms with Crippen LogP contribution in [-0.4, -0.2) is 0 Å². The van der Waals surface area contributed by atoms with E-state index in [9.17, 15) is 4.39 Å². The van der Waals surface area contributed by atoms with Crippen LogP contribution < -0.4 is 0 Å². The van der Waals surface area contributed by atoms with E-state index >= 15 is 0 Å². The monoisotopic (exact) mass is 298 g/mol. The molecule has 1 unspecified atom stereocenters. The summed E-state index contributed by atoms with van der Waals surface area (Å²) in [6.45, 7) is 2.08. The zero-order chi connectivity index (χ0) is 11.5. The third kappa shape index (κ3) is 2.71. The van der Waals surface area contributed by atoms with Crippen LogP contribution >= 0.6 is 27.3 Å². The van der Waals surface area contributed by atoms with Crippen LogP contribution in [0.3, 0.4) is 0 Å². The van der Waals surface area contributed by atoms with Crippen LogP contribution in [0.25, 0.3) is 0 Å². The van der Waals surface area contributed by atoms with E-state index in [2.05, 4.69) is 35.0 Å². The molecule has 0 radical (unpaired) electrons. The lowest BCUT2D eigenvalue weighted by molar-refractivity contribution is 0.608. The van der Waals surface area contributed by atoms with Crippen molar-refractivity contribution in [2.24, 2.45) is 0 Å². The second kappa shape index (κ2) is 5.11. The van der Waals surface area contributed by atoms with Crippen molar-refractivity contribution in [3.63, 3.8) is 0 Å². The van der Waals surface area contributed by atoms with Crippen molar-refractivity contribution in [1.82, 2.24) is 0 Å². The van der Waals surface area contributed by atoms with Gasteiger partial charge in [-0.05, 0) is 37.1 Å². The van der Waals surface area contributed by atoms with Crippen LogP contribution in [0.2, 0.25) is 0 Å². The van der Waals surface area contributed by atoms with E-state index in [0.29, 0.717) is 6.42 Å². The summed E-state index contributed by atoms with van der Waals surface area (Å²) in [5, 5.41) is 0. The molecule has 0 spiro atoms. The summed E-state index contributed by atoms with van der Waals surface area (Å²) in [6, 6.07) is 11.1. The molecule has 0 fully saturated rings. The summed E-state index contributed by atoms with van der Waals surface area (Å²) in [5.74, 6) is -0.125. The summed E-state index contributed by atoms with van der Waals surface area (Å²) in [7, 11) is 0. The minimum Gasteiger partial charge on any atom is -0.207 e. The molecular weight excluding hydrogens is 287 g/mol. The number of hydrogen-bond donors (Lipinski definition) is 0. The van der Waals surface area contributed by atoms with Gasteiger partial charge in [0, 0.05) is 9.75 Å². The van der Waals surface area contributed by atoms with Gasteiger partial charge in [0.1, 0.15) is 5.82 Å². The number of halogens is 2. The molecule has 1 aromatic heterocycles. The van der Waals surface area contributed by atoms with Crippen molar-refractivity contribution in [2.75, 3.05) is 0 Å². The Morgan fingerprint density at radius 3 is 2.62 bits per heavy atom. The van der Waals surface area contributed by atoms with E-state index in [4.69, 9.17) is 0 Å². The van der Waals surface area contributed by atoms with Gasteiger partial charge in [-0.2, -0.15) is 0 Å². The van der Waals surface area contributed by atoms with Gasteiger partial charge in [0.2, 0.25) is 0 Å². The van der Waals surface area contributed by atoms with Crippen LogP contribution in [0.15, 0.2) is 36.4 Å². The molecule has 2 aromatic rings. The molecule has 1 aromatic carbocycles. The Kier molecular flexibility index (Phi) is 3.77. The highest BCUT2D eigenvalue weighted by Crippen LogP contribution is 2.32. The summed E-state index contributed by atoms with van der Waals surface area (Å²) in [6.07, 6.45) is 0.687. The normalized spacial score (nSPS) is 12.7. The third-order valence-corrected chi connectivity index (χ3v) is 4.66. The van der Waals surface area contributed by atoms with E-state index < -0.39 is 0 Å². The third-order valence-electron chi connectivity index (χ3n) is 2.43. The minimum atomic E-state index is -0.125. The molecule has 2 rings (SSSR count). The average molecular weight is 299 g/mol. The fraction of sp³-hybridized carbons (Fsp3) is 0.231. The summed E-state index contributed by atoms with van der Waals surface area (Å²) < 4.78 is 13.5. The van der Waals surface area contributed by atoms with E-state index in [0.717, 1.165) is 5.56 Å². The highest BCUT2D eigenvalue weighted by atomic mass is 79.9. The molecule has 1 heterocycles. The predicted octanol–water partition coefficient (Wildman–Crippen LogP) is 4.87. The van der Waals surface area contributed by atoms with Crippen molar-refractivity contribution in [2.45, 2.75) is 18.2 Å². The Hall–Kier alpha value is -0.670. The number of alkyl halides is 1. The Morgan fingerprint density at radius 2 is 2.00 bits per heavy atom. The Bertz CT molecular complexity index is 478. The summed E-state index contributed by atoms with van der Waals surface area (Å²) >= 11 is 5.37. The molecule has 0 N–H and O–H groups in total.